The van der Waals surface area contributed by atoms with Crippen molar-refractivity contribution in [1.29, 1.82) is 0 Å². The zero-order valence-electron chi connectivity index (χ0n) is 8.79. The van der Waals surface area contributed by atoms with Crippen molar-refractivity contribution < 1.29 is 5.11 Å². The van der Waals surface area contributed by atoms with Gasteiger partial charge in [0.25, 0.3) is 0 Å². The van der Waals surface area contributed by atoms with Crippen molar-refractivity contribution in [3.8, 4) is 0 Å². The maximum atomic E-state index is 9.08. The lowest BCUT2D eigenvalue weighted by Gasteiger charge is -2.35. The number of aliphatic hydroxyl groups is 1. The summed E-state index contributed by atoms with van der Waals surface area (Å²) < 4.78 is 0. The molecule has 1 N–H and O–H groups in total. The average Bonchev–Trinajstić information content (AvgIpc) is 2.80. The van der Waals surface area contributed by atoms with E-state index in [4.69, 9.17) is 5.11 Å². The molecule has 0 bridgehead atoms. The Kier molecular flexibility index (Phi) is 2.37. The number of hydrogen-bond acceptors (Lipinski definition) is 2. The highest BCUT2D eigenvalue weighted by Gasteiger charge is 2.54. The molecule has 1 atom stereocenters. The molecule has 0 radical (unpaired) electrons. The number of likely N-dealkylation sites (tertiary alicyclic amines) is 1. The van der Waals surface area contributed by atoms with Crippen molar-refractivity contribution in [3.05, 3.63) is 0 Å². The summed E-state index contributed by atoms with van der Waals surface area (Å²) in [5.41, 5.74) is 0.570. The molecular weight excluding hydrogens is 162 g/mol. The SMILES string of the molecule is CC(C)N1CCC2(CC1)CC2CO. The van der Waals surface area contributed by atoms with E-state index in [-0.39, 0.29) is 0 Å². The third kappa shape index (κ3) is 1.62. The molecule has 0 aromatic carbocycles. The maximum Gasteiger partial charge on any atom is 0.0464 e. The third-order valence-electron chi connectivity index (χ3n) is 4.10. The topological polar surface area (TPSA) is 23.5 Å². The summed E-state index contributed by atoms with van der Waals surface area (Å²) in [6, 6.07) is 0.698. The van der Waals surface area contributed by atoms with Crippen LogP contribution in [0.1, 0.15) is 33.1 Å². The molecule has 1 spiro atoms. The first-order chi connectivity index (χ1) is 6.18. The number of piperidine rings is 1. The summed E-state index contributed by atoms with van der Waals surface area (Å²) in [5.74, 6) is 0.641. The van der Waals surface area contributed by atoms with Crippen molar-refractivity contribution in [2.24, 2.45) is 11.3 Å². The molecule has 1 heterocycles. The highest BCUT2D eigenvalue weighted by atomic mass is 16.3. The van der Waals surface area contributed by atoms with Crippen LogP contribution in [0.5, 0.6) is 0 Å². The fourth-order valence-electron chi connectivity index (χ4n) is 2.79. The Morgan fingerprint density at radius 3 is 2.38 bits per heavy atom. The van der Waals surface area contributed by atoms with Gasteiger partial charge in [0.05, 0.1) is 0 Å². The van der Waals surface area contributed by atoms with Crippen molar-refractivity contribution in [3.63, 3.8) is 0 Å². The van der Waals surface area contributed by atoms with Crippen LogP contribution in [0.15, 0.2) is 0 Å². The molecule has 0 aromatic heterocycles. The fourth-order valence-corrected chi connectivity index (χ4v) is 2.79. The second-order valence-electron chi connectivity index (χ2n) is 5.08. The summed E-state index contributed by atoms with van der Waals surface area (Å²) in [4.78, 5) is 2.55. The van der Waals surface area contributed by atoms with Gasteiger partial charge in [-0.3, -0.25) is 0 Å². The molecule has 1 saturated heterocycles. The van der Waals surface area contributed by atoms with E-state index in [2.05, 4.69) is 18.7 Å². The van der Waals surface area contributed by atoms with Crippen LogP contribution in [-0.4, -0.2) is 35.7 Å². The van der Waals surface area contributed by atoms with Gasteiger partial charge in [-0.05, 0) is 57.5 Å². The number of hydrogen-bond donors (Lipinski definition) is 1. The van der Waals surface area contributed by atoms with E-state index < -0.39 is 0 Å². The number of aliphatic hydroxyl groups excluding tert-OH is 1. The van der Waals surface area contributed by atoms with E-state index in [9.17, 15) is 0 Å². The van der Waals surface area contributed by atoms with Crippen LogP contribution in [0.4, 0.5) is 0 Å². The highest BCUT2D eigenvalue weighted by molar-refractivity contribution is 5.04. The van der Waals surface area contributed by atoms with Crippen LogP contribution in [0.3, 0.4) is 0 Å². The predicted octanol–water partition coefficient (Wildman–Crippen LogP) is 1.49. The maximum absolute atomic E-state index is 9.08. The molecule has 0 aromatic rings. The van der Waals surface area contributed by atoms with Crippen molar-refractivity contribution in [2.45, 2.75) is 39.2 Å². The smallest absolute Gasteiger partial charge is 0.0464 e. The summed E-state index contributed by atoms with van der Waals surface area (Å²) in [7, 11) is 0. The molecular formula is C11H21NO. The molecule has 2 rings (SSSR count). The average molecular weight is 183 g/mol. The zero-order chi connectivity index (χ0) is 9.47. The summed E-state index contributed by atoms with van der Waals surface area (Å²) in [5, 5.41) is 9.08. The lowest BCUT2D eigenvalue weighted by molar-refractivity contribution is 0.122. The molecule has 1 aliphatic heterocycles. The monoisotopic (exact) mass is 183 g/mol. The van der Waals surface area contributed by atoms with Crippen molar-refractivity contribution >= 4 is 0 Å². The Labute approximate surface area is 80.9 Å². The quantitative estimate of drug-likeness (QED) is 0.701. The van der Waals surface area contributed by atoms with Crippen LogP contribution in [0, 0.1) is 11.3 Å². The molecule has 2 fully saturated rings. The Hall–Kier alpha value is -0.0800. The Morgan fingerprint density at radius 2 is 2.00 bits per heavy atom. The molecule has 1 aliphatic carbocycles. The van der Waals surface area contributed by atoms with Crippen LogP contribution >= 0.6 is 0 Å². The Bertz CT molecular complexity index is 183. The van der Waals surface area contributed by atoms with E-state index in [0.717, 1.165) is 0 Å². The standard InChI is InChI=1S/C11H21NO/c1-9(2)12-5-3-11(4-6-12)7-10(11)8-13/h9-10,13H,3-8H2,1-2H3. The molecule has 2 heteroatoms. The van der Waals surface area contributed by atoms with Gasteiger partial charge >= 0.3 is 0 Å². The molecule has 13 heavy (non-hydrogen) atoms. The van der Waals surface area contributed by atoms with Gasteiger partial charge in [0.2, 0.25) is 0 Å². The van der Waals surface area contributed by atoms with Crippen LogP contribution in [-0.2, 0) is 0 Å². The van der Waals surface area contributed by atoms with Gasteiger partial charge in [-0.25, -0.2) is 0 Å². The second-order valence-corrected chi connectivity index (χ2v) is 5.08. The number of nitrogens with zero attached hydrogens (tertiary/aromatic N) is 1. The van der Waals surface area contributed by atoms with Gasteiger partial charge in [-0.1, -0.05) is 0 Å². The van der Waals surface area contributed by atoms with Gasteiger partial charge in [0.15, 0.2) is 0 Å². The Balaban J connectivity index is 1.84. The summed E-state index contributed by atoms with van der Waals surface area (Å²) >= 11 is 0. The lowest BCUT2D eigenvalue weighted by atomic mass is 9.90. The van der Waals surface area contributed by atoms with Gasteiger partial charge in [0.1, 0.15) is 0 Å². The molecule has 76 valence electrons. The number of rotatable bonds is 2. The van der Waals surface area contributed by atoms with Crippen molar-refractivity contribution in [1.82, 2.24) is 4.90 Å². The van der Waals surface area contributed by atoms with E-state index in [1.807, 2.05) is 0 Å². The van der Waals surface area contributed by atoms with Gasteiger partial charge in [-0.15, -0.1) is 0 Å². The minimum atomic E-state index is 0.418. The Morgan fingerprint density at radius 1 is 1.38 bits per heavy atom. The first-order valence-electron chi connectivity index (χ1n) is 5.53. The van der Waals surface area contributed by atoms with Gasteiger partial charge in [-0.2, -0.15) is 0 Å². The molecule has 1 saturated carbocycles. The normalized spacial score (nSPS) is 32.8. The van der Waals surface area contributed by atoms with Crippen LogP contribution in [0.2, 0.25) is 0 Å². The summed E-state index contributed by atoms with van der Waals surface area (Å²) in [6.45, 7) is 7.45. The first-order valence-corrected chi connectivity index (χ1v) is 5.53. The minimum absolute atomic E-state index is 0.418. The van der Waals surface area contributed by atoms with E-state index >= 15 is 0 Å². The third-order valence-corrected chi connectivity index (χ3v) is 4.10. The van der Waals surface area contributed by atoms with E-state index in [1.165, 1.54) is 32.4 Å². The van der Waals surface area contributed by atoms with E-state index in [0.29, 0.717) is 24.0 Å². The predicted molar refractivity (Wildman–Crippen MR) is 53.6 cm³/mol. The molecule has 1 unspecified atom stereocenters. The molecule has 2 aliphatic rings. The molecule has 2 nitrogen and oxygen atoms in total. The molecule has 0 amide bonds. The fraction of sp³-hybridized carbons (Fsp3) is 1.00. The highest BCUT2D eigenvalue weighted by Crippen LogP contribution is 2.59. The van der Waals surface area contributed by atoms with Gasteiger partial charge < -0.3 is 10.0 Å². The van der Waals surface area contributed by atoms with E-state index in [1.54, 1.807) is 0 Å². The lowest BCUT2D eigenvalue weighted by Crippen LogP contribution is -2.39. The second kappa shape index (κ2) is 3.25. The van der Waals surface area contributed by atoms with Crippen LogP contribution in [0.25, 0.3) is 0 Å². The van der Waals surface area contributed by atoms with Gasteiger partial charge in [0, 0.05) is 12.6 Å². The first kappa shape index (κ1) is 9.47. The largest absolute Gasteiger partial charge is 0.396 e. The summed E-state index contributed by atoms with van der Waals surface area (Å²) in [6.07, 6.45) is 3.92. The van der Waals surface area contributed by atoms with Crippen molar-refractivity contribution in [2.75, 3.05) is 19.7 Å². The van der Waals surface area contributed by atoms with Crippen LogP contribution < -0.4 is 0 Å². The zero-order valence-corrected chi connectivity index (χ0v) is 8.79. The minimum Gasteiger partial charge on any atom is -0.396 e.